The van der Waals surface area contributed by atoms with Crippen molar-refractivity contribution < 1.29 is 0 Å². The molecular weight excluding hydrogens is 899 g/mol. The molecule has 0 spiro atoms. The minimum Gasteiger partial charge on any atom is -0.309 e. The highest BCUT2D eigenvalue weighted by atomic mass is 15.2. The van der Waals surface area contributed by atoms with Gasteiger partial charge in [-0.05, 0) is 132 Å². The molecule has 0 saturated carbocycles. The summed E-state index contributed by atoms with van der Waals surface area (Å²) in [6, 6.07) is 93.8. The van der Waals surface area contributed by atoms with E-state index < -0.39 is 0 Å². The van der Waals surface area contributed by atoms with Gasteiger partial charge in [0.05, 0.1) is 22.1 Å². The van der Waals surface area contributed by atoms with Crippen LogP contribution in [0.1, 0.15) is 0 Å². The van der Waals surface area contributed by atoms with Gasteiger partial charge in [-0.15, -0.1) is 0 Å². The van der Waals surface area contributed by atoms with Crippen LogP contribution < -0.4 is 0 Å². The summed E-state index contributed by atoms with van der Waals surface area (Å²) in [5.74, 6) is 1.80. The minimum absolute atomic E-state index is 0.562. The van der Waals surface area contributed by atoms with Gasteiger partial charge in [0.25, 0.3) is 0 Å². The Bertz CT molecular complexity index is 4600. The lowest BCUT2D eigenvalue weighted by Gasteiger charge is -2.12. The molecule has 0 N–H and O–H groups in total. The highest BCUT2D eigenvalue weighted by Crippen LogP contribution is 2.42. The van der Waals surface area contributed by atoms with Gasteiger partial charge in [0.2, 0.25) is 5.95 Å². The molecular formula is C69H43N5. The maximum atomic E-state index is 5.28. The summed E-state index contributed by atoms with van der Waals surface area (Å²) < 4.78 is 4.61. The Kier molecular flexibility index (Phi) is 9.50. The second-order valence-corrected chi connectivity index (χ2v) is 19.2. The first-order valence-corrected chi connectivity index (χ1v) is 25.2. The average molecular weight is 942 g/mol. The Morgan fingerprint density at radius 3 is 0.946 bits per heavy atom. The first kappa shape index (κ1) is 41.8. The van der Waals surface area contributed by atoms with E-state index in [1.165, 1.54) is 59.7 Å². The maximum absolute atomic E-state index is 5.28. The fourth-order valence-electron chi connectivity index (χ4n) is 11.5. The van der Waals surface area contributed by atoms with Gasteiger partial charge in [0.1, 0.15) is 0 Å². The zero-order chi connectivity index (χ0) is 48.7. The van der Waals surface area contributed by atoms with Gasteiger partial charge in [0.15, 0.2) is 11.6 Å². The molecule has 0 aliphatic carbocycles. The lowest BCUT2D eigenvalue weighted by Crippen LogP contribution is -2.06. The average Bonchev–Trinajstić information content (AvgIpc) is 4.00. The predicted molar refractivity (Wildman–Crippen MR) is 308 cm³/mol. The molecule has 15 aromatic rings. The lowest BCUT2D eigenvalue weighted by molar-refractivity contribution is 0.953. The van der Waals surface area contributed by atoms with Crippen LogP contribution in [0.5, 0.6) is 0 Å². The number of rotatable bonds is 7. The zero-order valence-corrected chi connectivity index (χ0v) is 40.1. The molecule has 0 atom stereocenters. The van der Waals surface area contributed by atoms with Gasteiger partial charge >= 0.3 is 0 Å². The molecule has 0 unspecified atom stereocenters. The molecule has 0 saturated heterocycles. The van der Waals surface area contributed by atoms with Gasteiger partial charge in [-0.3, -0.25) is 4.57 Å². The number of aromatic nitrogens is 5. The molecule has 5 nitrogen and oxygen atoms in total. The van der Waals surface area contributed by atoms with Crippen molar-refractivity contribution in [1.82, 2.24) is 24.1 Å². The van der Waals surface area contributed by atoms with Crippen molar-refractivity contribution in [1.29, 1.82) is 0 Å². The van der Waals surface area contributed by atoms with Gasteiger partial charge in [0, 0.05) is 38.4 Å². The summed E-state index contributed by atoms with van der Waals surface area (Å²) in [5, 5.41) is 12.2. The summed E-state index contributed by atoms with van der Waals surface area (Å²) >= 11 is 0. The van der Waals surface area contributed by atoms with Crippen LogP contribution in [0, 0.1) is 0 Å². The Labute approximate surface area is 426 Å². The molecule has 3 heterocycles. The number of para-hydroxylation sites is 1. The summed E-state index contributed by atoms with van der Waals surface area (Å²) in [7, 11) is 0. The zero-order valence-electron chi connectivity index (χ0n) is 40.1. The second-order valence-electron chi connectivity index (χ2n) is 19.2. The number of fused-ring (bicyclic) bond motifs is 12. The summed E-state index contributed by atoms with van der Waals surface area (Å²) in [6.45, 7) is 0. The largest absolute Gasteiger partial charge is 0.309 e. The van der Waals surface area contributed by atoms with Crippen molar-refractivity contribution in [3.05, 3.63) is 261 Å². The summed E-state index contributed by atoms with van der Waals surface area (Å²) in [6.07, 6.45) is 0. The van der Waals surface area contributed by atoms with E-state index in [-0.39, 0.29) is 0 Å². The third-order valence-corrected chi connectivity index (χ3v) is 15.0. The van der Waals surface area contributed by atoms with Crippen molar-refractivity contribution in [2.45, 2.75) is 0 Å². The molecule has 0 aliphatic rings. The van der Waals surface area contributed by atoms with Gasteiger partial charge in [-0.1, -0.05) is 194 Å². The number of nitrogens with zero attached hydrogens (tertiary/aromatic N) is 5. The smallest absolute Gasteiger partial charge is 0.238 e. The molecule has 344 valence electrons. The molecule has 0 fully saturated rings. The van der Waals surface area contributed by atoms with E-state index >= 15 is 0 Å². The third kappa shape index (κ3) is 6.75. The molecule has 74 heavy (non-hydrogen) atoms. The van der Waals surface area contributed by atoms with Crippen molar-refractivity contribution >= 4 is 75.9 Å². The van der Waals surface area contributed by atoms with E-state index in [0.29, 0.717) is 17.6 Å². The van der Waals surface area contributed by atoms with Crippen LogP contribution in [-0.4, -0.2) is 24.1 Å². The van der Waals surface area contributed by atoms with Crippen molar-refractivity contribution in [2.75, 3.05) is 0 Å². The van der Waals surface area contributed by atoms with E-state index in [1.807, 2.05) is 36.4 Å². The fraction of sp³-hybridized carbons (Fsp3) is 0. The fourth-order valence-corrected chi connectivity index (χ4v) is 11.5. The Morgan fingerprint density at radius 1 is 0.203 bits per heavy atom. The second kappa shape index (κ2) is 16.8. The summed E-state index contributed by atoms with van der Waals surface area (Å²) in [5.41, 5.74) is 14.3. The SMILES string of the molecule is c1ccc(-c2ccc3c(c2)c2cc(-c4ccc5c(c4)c4cc(-c6ccc7c8ccccc8c8ccccc8c7c6)ccc4n5-c4nc(-c5ccccc5)nc(-c5ccccc5)n4)ccc2n3-c2ccccc2)cc1. The van der Waals surface area contributed by atoms with Gasteiger partial charge in [-0.25, -0.2) is 4.98 Å². The van der Waals surface area contributed by atoms with Crippen LogP contribution >= 0.6 is 0 Å². The highest BCUT2D eigenvalue weighted by Gasteiger charge is 2.21. The van der Waals surface area contributed by atoms with Gasteiger partial charge < -0.3 is 4.57 Å². The van der Waals surface area contributed by atoms with Crippen LogP contribution in [0.25, 0.3) is 144 Å². The third-order valence-electron chi connectivity index (χ3n) is 15.0. The molecule has 5 heteroatoms. The monoisotopic (exact) mass is 941 g/mol. The van der Waals surface area contributed by atoms with Gasteiger partial charge in [-0.2, -0.15) is 9.97 Å². The van der Waals surface area contributed by atoms with E-state index in [1.54, 1.807) is 0 Å². The minimum atomic E-state index is 0.562. The Morgan fingerprint density at radius 2 is 0.514 bits per heavy atom. The lowest BCUT2D eigenvalue weighted by atomic mass is 9.92. The topological polar surface area (TPSA) is 48.5 Å². The predicted octanol–water partition coefficient (Wildman–Crippen LogP) is 17.9. The molecule has 3 aromatic heterocycles. The summed E-state index contributed by atoms with van der Waals surface area (Å²) in [4.78, 5) is 15.6. The normalized spacial score (nSPS) is 11.8. The van der Waals surface area contributed by atoms with E-state index in [2.05, 4.69) is 234 Å². The highest BCUT2D eigenvalue weighted by molar-refractivity contribution is 6.26. The standard InChI is InChI=1S/C69H43N5/c1-5-17-44(18-6-1)47-30-35-63-59(40-47)60-41-50(31-36-64(60)73(63)52-23-11-4-12-24-52)51-33-38-66-62(43-51)61-42-49(48-29-34-57-55-27-14-13-25-53(55)54-26-15-16-28-56(54)58(57)39-48)32-37-65(61)74(66)69-71-67(45-19-7-2-8-20-45)70-68(72-69)46-21-9-3-10-22-46/h1-43H. The van der Waals surface area contributed by atoms with Crippen LogP contribution in [0.3, 0.4) is 0 Å². The van der Waals surface area contributed by atoms with Crippen LogP contribution in [0.4, 0.5) is 0 Å². The van der Waals surface area contributed by atoms with E-state index in [9.17, 15) is 0 Å². The van der Waals surface area contributed by atoms with E-state index in [4.69, 9.17) is 15.0 Å². The first-order valence-electron chi connectivity index (χ1n) is 25.2. The number of benzene rings is 12. The van der Waals surface area contributed by atoms with Crippen LogP contribution in [0.2, 0.25) is 0 Å². The quantitative estimate of drug-likeness (QED) is 0.150. The molecule has 12 aromatic carbocycles. The number of hydrogen-bond donors (Lipinski definition) is 0. The molecule has 0 aliphatic heterocycles. The first-order chi connectivity index (χ1) is 36.7. The van der Waals surface area contributed by atoms with Crippen LogP contribution in [0.15, 0.2) is 261 Å². The Hall–Kier alpha value is -9.97. The van der Waals surface area contributed by atoms with Crippen molar-refractivity contribution in [3.63, 3.8) is 0 Å². The molecule has 0 bridgehead atoms. The molecule has 0 amide bonds. The maximum Gasteiger partial charge on any atom is 0.238 e. The number of hydrogen-bond acceptors (Lipinski definition) is 3. The van der Waals surface area contributed by atoms with Crippen molar-refractivity contribution in [3.8, 4) is 67.8 Å². The molecule has 15 rings (SSSR count). The van der Waals surface area contributed by atoms with Crippen molar-refractivity contribution in [2.24, 2.45) is 0 Å². The molecule has 0 radical (unpaired) electrons. The Balaban J connectivity index is 0.965. The van der Waals surface area contributed by atoms with E-state index in [0.717, 1.165) is 66.4 Å². The van der Waals surface area contributed by atoms with Crippen LogP contribution in [-0.2, 0) is 0 Å².